The van der Waals surface area contributed by atoms with Crippen LogP contribution in [0.15, 0.2) is 41.0 Å². The van der Waals surface area contributed by atoms with E-state index in [-0.39, 0.29) is 23.5 Å². The minimum atomic E-state index is -0.506. The van der Waals surface area contributed by atoms with E-state index in [0.717, 1.165) is 31.2 Å². The van der Waals surface area contributed by atoms with Gasteiger partial charge in [-0.1, -0.05) is 30.3 Å². The van der Waals surface area contributed by atoms with Gasteiger partial charge in [0.25, 0.3) is 0 Å². The lowest BCUT2D eigenvalue weighted by Gasteiger charge is -2.25. The molecule has 1 fully saturated rings. The topological polar surface area (TPSA) is 78.6 Å². The zero-order chi connectivity index (χ0) is 17.6. The van der Waals surface area contributed by atoms with Gasteiger partial charge in [-0.05, 0) is 31.2 Å². The van der Waals surface area contributed by atoms with Crippen molar-refractivity contribution in [1.82, 2.24) is 4.98 Å². The van der Waals surface area contributed by atoms with Gasteiger partial charge in [-0.25, -0.2) is 9.78 Å². The zero-order valence-corrected chi connectivity index (χ0v) is 14.1. The van der Waals surface area contributed by atoms with Crippen LogP contribution in [0.1, 0.15) is 53.5 Å². The van der Waals surface area contributed by atoms with E-state index in [2.05, 4.69) is 9.72 Å². The molecule has 0 spiro atoms. The summed E-state index contributed by atoms with van der Waals surface area (Å²) in [4.78, 5) is 27.9. The molecular formula is C19H21NO5. The van der Waals surface area contributed by atoms with Gasteiger partial charge in [0.2, 0.25) is 0 Å². The molecule has 0 aliphatic heterocycles. The fourth-order valence-corrected chi connectivity index (χ4v) is 3.10. The number of carbonyl (C=O) groups excluding carboxylic acids is 2. The minimum Gasteiger partial charge on any atom is -0.464 e. The fraction of sp³-hybridized carbons (Fsp3) is 0.421. The molecule has 6 heteroatoms. The van der Waals surface area contributed by atoms with Crippen molar-refractivity contribution in [3.63, 3.8) is 0 Å². The summed E-state index contributed by atoms with van der Waals surface area (Å²) < 4.78 is 15.4. The highest BCUT2D eigenvalue weighted by Crippen LogP contribution is 2.36. The molecule has 1 aromatic heterocycles. The van der Waals surface area contributed by atoms with Crippen LogP contribution in [0.25, 0.3) is 0 Å². The Balaban J connectivity index is 1.49. The summed E-state index contributed by atoms with van der Waals surface area (Å²) in [6.45, 7) is 0.307. The minimum absolute atomic E-state index is 0.0880. The molecule has 1 saturated carbocycles. The summed E-state index contributed by atoms with van der Waals surface area (Å²) in [6.07, 6.45) is 4.35. The van der Waals surface area contributed by atoms with Crippen LogP contribution in [0.5, 0.6) is 0 Å². The Labute approximate surface area is 146 Å². The Hall–Kier alpha value is -2.63. The summed E-state index contributed by atoms with van der Waals surface area (Å²) in [6, 6.07) is 9.65. The van der Waals surface area contributed by atoms with E-state index in [9.17, 15) is 9.59 Å². The second kappa shape index (κ2) is 7.96. The van der Waals surface area contributed by atoms with Crippen molar-refractivity contribution in [2.75, 3.05) is 7.11 Å². The van der Waals surface area contributed by atoms with Gasteiger partial charge in [0, 0.05) is 5.92 Å². The SMILES string of the molecule is COC(=O)c1coc(C2CCC(C(=O)OCc3ccccc3)CC2)n1. The molecule has 1 aliphatic rings. The Kier molecular flexibility index (Phi) is 5.48. The van der Waals surface area contributed by atoms with Crippen LogP contribution in [0.2, 0.25) is 0 Å². The second-order valence-electron chi connectivity index (χ2n) is 6.20. The van der Waals surface area contributed by atoms with Gasteiger partial charge in [-0.3, -0.25) is 4.79 Å². The lowest BCUT2D eigenvalue weighted by Crippen LogP contribution is -2.23. The summed E-state index contributed by atoms with van der Waals surface area (Å²) in [7, 11) is 1.31. The number of benzene rings is 1. The summed E-state index contributed by atoms with van der Waals surface area (Å²) in [5.74, 6) is -0.0822. The van der Waals surface area contributed by atoms with Crippen LogP contribution in [-0.4, -0.2) is 24.0 Å². The average Bonchev–Trinajstić information content (AvgIpc) is 3.16. The molecule has 0 atom stereocenters. The number of aromatic nitrogens is 1. The summed E-state index contributed by atoms with van der Waals surface area (Å²) in [5.41, 5.74) is 1.17. The highest BCUT2D eigenvalue weighted by molar-refractivity contribution is 5.86. The maximum Gasteiger partial charge on any atom is 0.360 e. The fourth-order valence-electron chi connectivity index (χ4n) is 3.10. The van der Waals surface area contributed by atoms with E-state index < -0.39 is 5.97 Å². The van der Waals surface area contributed by atoms with Gasteiger partial charge in [0.05, 0.1) is 13.0 Å². The van der Waals surface area contributed by atoms with Crippen LogP contribution in [-0.2, 0) is 20.9 Å². The molecular weight excluding hydrogens is 322 g/mol. The van der Waals surface area contributed by atoms with Crippen molar-refractivity contribution in [2.45, 2.75) is 38.2 Å². The highest BCUT2D eigenvalue weighted by Gasteiger charge is 2.30. The zero-order valence-electron chi connectivity index (χ0n) is 14.1. The Morgan fingerprint density at radius 2 is 1.88 bits per heavy atom. The third-order valence-electron chi connectivity index (χ3n) is 4.55. The maximum absolute atomic E-state index is 12.2. The van der Waals surface area contributed by atoms with Crippen LogP contribution < -0.4 is 0 Å². The number of methoxy groups -OCH3 is 1. The first-order valence-corrected chi connectivity index (χ1v) is 8.41. The molecule has 6 nitrogen and oxygen atoms in total. The first-order chi connectivity index (χ1) is 12.2. The molecule has 25 heavy (non-hydrogen) atoms. The smallest absolute Gasteiger partial charge is 0.360 e. The Morgan fingerprint density at radius 3 is 2.56 bits per heavy atom. The maximum atomic E-state index is 12.2. The summed E-state index contributed by atoms with van der Waals surface area (Å²) >= 11 is 0. The van der Waals surface area contributed by atoms with Crippen molar-refractivity contribution in [3.05, 3.63) is 53.7 Å². The molecule has 1 heterocycles. The van der Waals surface area contributed by atoms with Crippen molar-refractivity contribution in [1.29, 1.82) is 0 Å². The molecule has 2 aromatic rings. The lowest BCUT2D eigenvalue weighted by molar-refractivity contribution is -0.151. The average molecular weight is 343 g/mol. The standard InChI is InChI=1S/C19H21NO5/c1-23-19(22)16-12-24-17(20-16)14-7-9-15(10-8-14)18(21)25-11-13-5-3-2-4-6-13/h2-6,12,14-15H,7-11H2,1H3. The van der Waals surface area contributed by atoms with Crippen LogP contribution >= 0.6 is 0 Å². The van der Waals surface area contributed by atoms with E-state index in [4.69, 9.17) is 9.15 Å². The molecule has 1 aromatic carbocycles. The van der Waals surface area contributed by atoms with E-state index in [0.29, 0.717) is 12.5 Å². The highest BCUT2D eigenvalue weighted by atomic mass is 16.5. The summed E-state index contributed by atoms with van der Waals surface area (Å²) in [5, 5.41) is 0. The number of hydrogen-bond donors (Lipinski definition) is 0. The molecule has 3 rings (SSSR count). The largest absolute Gasteiger partial charge is 0.464 e. The lowest BCUT2D eigenvalue weighted by atomic mass is 9.82. The molecule has 0 radical (unpaired) electrons. The van der Waals surface area contributed by atoms with Gasteiger partial charge < -0.3 is 13.9 Å². The van der Waals surface area contributed by atoms with E-state index in [1.165, 1.54) is 13.4 Å². The van der Waals surface area contributed by atoms with Crippen LogP contribution in [0, 0.1) is 5.92 Å². The number of ether oxygens (including phenoxy) is 2. The van der Waals surface area contributed by atoms with E-state index in [1.54, 1.807) is 0 Å². The molecule has 0 unspecified atom stereocenters. The second-order valence-corrected chi connectivity index (χ2v) is 6.20. The number of oxazole rings is 1. The van der Waals surface area contributed by atoms with Crippen molar-refractivity contribution >= 4 is 11.9 Å². The molecule has 0 amide bonds. The van der Waals surface area contributed by atoms with Gasteiger partial charge in [-0.15, -0.1) is 0 Å². The van der Waals surface area contributed by atoms with Crippen molar-refractivity contribution in [3.8, 4) is 0 Å². The predicted molar refractivity (Wildman–Crippen MR) is 88.8 cm³/mol. The van der Waals surface area contributed by atoms with Gasteiger partial charge in [0.1, 0.15) is 12.9 Å². The first-order valence-electron chi connectivity index (χ1n) is 8.41. The van der Waals surface area contributed by atoms with E-state index in [1.807, 2.05) is 30.3 Å². The van der Waals surface area contributed by atoms with Gasteiger partial charge >= 0.3 is 11.9 Å². The van der Waals surface area contributed by atoms with E-state index >= 15 is 0 Å². The van der Waals surface area contributed by atoms with Gasteiger partial charge in [0.15, 0.2) is 11.6 Å². The molecule has 132 valence electrons. The third-order valence-corrected chi connectivity index (χ3v) is 4.55. The van der Waals surface area contributed by atoms with Gasteiger partial charge in [-0.2, -0.15) is 0 Å². The Bertz CT molecular complexity index is 716. The molecule has 0 bridgehead atoms. The van der Waals surface area contributed by atoms with Crippen LogP contribution in [0.3, 0.4) is 0 Å². The number of nitrogens with zero attached hydrogens (tertiary/aromatic N) is 1. The van der Waals surface area contributed by atoms with Crippen LogP contribution in [0.4, 0.5) is 0 Å². The predicted octanol–water partition coefficient (Wildman–Crippen LogP) is 3.48. The Morgan fingerprint density at radius 1 is 1.16 bits per heavy atom. The number of esters is 2. The normalized spacial score (nSPS) is 20.0. The monoisotopic (exact) mass is 343 g/mol. The third kappa shape index (κ3) is 4.26. The number of hydrogen-bond acceptors (Lipinski definition) is 6. The number of rotatable bonds is 5. The van der Waals surface area contributed by atoms with Crippen molar-refractivity contribution in [2.24, 2.45) is 5.92 Å². The number of carbonyl (C=O) groups is 2. The quantitative estimate of drug-likeness (QED) is 0.774. The molecule has 1 aliphatic carbocycles. The molecule has 0 saturated heterocycles. The molecule has 0 N–H and O–H groups in total. The first kappa shape index (κ1) is 17.2. The van der Waals surface area contributed by atoms with Crippen molar-refractivity contribution < 1.29 is 23.5 Å².